The second-order valence-corrected chi connectivity index (χ2v) is 9.68. The highest BCUT2D eigenvalue weighted by molar-refractivity contribution is 6.37. The largest absolute Gasteiger partial charge is 0.480 e. The van der Waals surface area contributed by atoms with E-state index in [9.17, 15) is 19.5 Å². The third-order valence-electron chi connectivity index (χ3n) is 5.75. The van der Waals surface area contributed by atoms with Crippen LogP contribution in [0.5, 0.6) is 0 Å². The van der Waals surface area contributed by atoms with Gasteiger partial charge < -0.3 is 15.7 Å². The fourth-order valence-corrected chi connectivity index (χ4v) is 4.48. The van der Waals surface area contributed by atoms with Crippen LogP contribution in [0.1, 0.15) is 26.3 Å². The Hall–Kier alpha value is -3.84. The van der Waals surface area contributed by atoms with Crippen molar-refractivity contribution in [3.63, 3.8) is 0 Å². The van der Waals surface area contributed by atoms with E-state index in [-0.39, 0.29) is 33.3 Å². The summed E-state index contributed by atoms with van der Waals surface area (Å²) in [5.74, 6) is -2.49. The molecular weight excluding hydrogens is 547 g/mol. The van der Waals surface area contributed by atoms with E-state index in [4.69, 9.17) is 34.8 Å². The summed E-state index contributed by atoms with van der Waals surface area (Å²) in [7, 11) is 0. The molecule has 0 aliphatic carbocycles. The average Bonchev–Trinajstić information content (AvgIpc) is 2.90. The fourth-order valence-electron chi connectivity index (χ4n) is 3.81. The highest BCUT2D eigenvalue weighted by atomic mass is 35.5. The smallest absolute Gasteiger partial charge is 0.326 e. The lowest BCUT2D eigenvalue weighted by molar-refractivity contribution is -0.139. The molecule has 0 heterocycles. The number of carboxylic acid groups (broad SMARTS) is 1. The molecule has 0 aromatic heterocycles. The summed E-state index contributed by atoms with van der Waals surface area (Å²) in [6.45, 7) is 0. The van der Waals surface area contributed by atoms with Gasteiger partial charge in [-0.05, 0) is 53.1 Å². The molecule has 4 rings (SSSR count). The first-order chi connectivity index (χ1) is 18.2. The number of halogens is 3. The minimum atomic E-state index is -1.22. The minimum Gasteiger partial charge on any atom is -0.480 e. The van der Waals surface area contributed by atoms with E-state index in [1.165, 1.54) is 36.4 Å². The van der Waals surface area contributed by atoms with Crippen LogP contribution in [0.15, 0.2) is 91.0 Å². The van der Waals surface area contributed by atoms with Gasteiger partial charge in [-0.25, -0.2) is 4.79 Å². The zero-order chi connectivity index (χ0) is 27.2. The number of carbonyl (C=O) groups is 3. The van der Waals surface area contributed by atoms with Gasteiger partial charge in [0.15, 0.2) is 0 Å². The Balaban J connectivity index is 1.51. The zero-order valence-corrected chi connectivity index (χ0v) is 22.0. The summed E-state index contributed by atoms with van der Waals surface area (Å²) in [5, 5.41) is 15.7. The monoisotopic (exact) mass is 566 g/mol. The number of anilines is 1. The number of hydrogen-bond acceptors (Lipinski definition) is 3. The maximum Gasteiger partial charge on any atom is 0.326 e. The molecular formula is C29H21Cl3N2O4. The number of nitrogens with one attached hydrogen (secondary N) is 2. The molecule has 0 radical (unpaired) electrons. The number of carboxylic acids is 1. The van der Waals surface area contributed by atoms with Crippen molar-refractivity contribution in [2.75, 3.05) is 5.32 Å². The van der Waals surface area contributed by atoms with Crippen molar-refractivity contribution >= 4 is 58.3 Å². The van der Waals surface area contributed by atoms with Gasteiger partial charge in [-0.1, -0.05) is 89.4 Å². The number of benzene rings is 4. The summed E-state index contributed by atoms with van der Waals surface area (Å²) in [6.07, 6.45) is 0.0543. The van der Waals surface area contributed by atoms with Crippen LogP contribution in [-0.2, 0) is 11.2 Å². The van der Waals surface area contributed by atoms with Crippen molar-refractivity contribution in [3.8, 4) is 11.1 Å². The lowest BCUT2D eigenvalue weighted by Crippen LogP contribution is -2.42. The Kier molecular flexibility index (Phi) is 8.69. The van der Waals surface area contributed by atoms with Gasteiger partial charge in [-0.3, -0.25) is 9.59 Å². The van der Waals surface area contributed by atoms with Crippen LogP contribution in [0.3, 0.4) is 0 Å². The van der Waals surface area contributed by atoms with Crippen LogP contribution in [-0.4, -0.2) is 28.9 Å². The maximum absolute atomic E-state index is 13.2. The fraction of sp³-hybridized carbons (Fsp3) is 0.0690. The van der Waals surface area contributed by atoms with Gasteiger partial charge in [-0.2, -0.15) is 0 Å². The SMILES string of the molecule is O=C(Nc1ccc(Cl)cc1C(=O)N[C@H](Cc1ccc(-c2ccccc2)cc1)C(=O)O)c1ccc(Cl)cc1Cl. The number of aliphatic carboxylic acids is 1. The second kappa shape index (κ2) is 12.1. The molecule has 4 aromatic rings. The van der Waals surface area contributed by atoms with Crippen LogP contribution in [0.4, 0.5) is 5.69 Å². The van der Waals surface area contributed by atoms with Gasteiger partial charge in [0.1, 0.15) is 6.04 Å². The van der Waals surface area contributed by atoms with Crippen molar-refractivity contribution in [2.24, 2.45) is 0 Å². The van der Waals surface area contributed by atoms with Crippen molar-refractivity contribution < 1.29 is 19.5 Å². The van der Waals surface area contributed by atoms with E-state index in [1.54, 1.807) is 0 Å². The highest BCUT2D eigenvalue weighted by Crippen LogP contribution is 2.25. The van der Waals surface area contributed by atoms with Gasteiger partial charge in [0.2, 0.25) is 0 Å². The molecule has 0 spiro atoms. The predicted molar refractivity (Wildman–Crippen MR) is 150 cm³/mol. The number of amides is 2. The van der Waals surface area contributed by atoms with E-state index in [0.717, 1.165) is 16.7 Å². The third-order valence-corrected chi connectivity index (χ3v) is 6.54. The molecule has 0 saturated heterocycles. The Morgan fingerprint density at radius 2 is 1.34 bits per heavy atom. The number of rotatable bonds is 8. The Labute approximate surface area is 234 Å². The molecule has 1 atom stereocenters. The quantitative estimate of drug-likeness (QED) is 0.214. The average molecular weight is 568 g/mol. The van der Waals surface area contributed by atoms with Crippen LogP contribution in [0, 0.1) is 0 Å². The lowest BCUT2D eigenvalue weighted by Gasteiger charge is -2.17. The molecule has 9 heteroatoms. The van der Waals surface area contributed by atoms with E-state index in [2.05, 4.69) is 10.6 Å². The molecule has 0 aliphatic rings. The zero-order valence-electron chi connectivity index (χ0n) is 19.8. The van der Waals surface area contributed by atoms with Crippen molar-refractivity contribution in [2.45, 2.75) is 12.5 Å². The maximum atomic E-state index is 13.2. The highest BCUT2D eigenvalue weighted by Gasteiger charge is 2.24. The second-order valence-electron chi connectivity index (χ2n) is 8.40. The van der Waals surface area contributed by atoms with Gasteiger partial charge in [0.25, 0.3) is 11.8 Å². The third kappa shape index (κ3) is 6.72. The summed E-state index contributed by atoms with van der Waals surface area (Å²) >= 11 is 18.1. The van der Waals surface area contributed by atoms with Crippen molar-refractivity contribution in [1.29, 1.82) is 0 Å². The minimum absolute atomic E-state index is 0.00149. The molecule has 6 nitrogen and oxygen atoms in total. The van der Waals surface area contributed by atoms with Crippen molar-refractivity contribution in [1.82, 2.24) is 5.32 Å². The van der Waals surface area contributed by atoms with Crippen LogP contribution in [0.25, 0.3) is 11.1 Å². The lowest BCUT2D eigenvalue weighted by atomic mass is 10.0. The topological polar surface area (TPSA) is 95.5 Å². The Bertz CT molecular complexity index is 1490. The molecule has 3 N–H and O–H groups in total. The first-order valence-corrected chi connectivity index (χ1v) is 12.6. The van der Waals surface area contributed by atoms with E-state index < -0.39 is 23.8 Å². The van der Waals surface area contributed by atoms with Crippen LogP contribution in [0.2, 0.25) is 15.1 Å². The van der Waals surface area contributed by atoms with E-state index >= 15 is 0 Å². The van der Waals surface area contributed by atoms with E-state index in [0.29, 0.717) is 5.02 Å². The molecule has 0 saturated carbocycles. The Morgan fingerprint density at radius 1 is 0.711 bits per heavy atom. The molecule has 0 fully saturated rings. The van der Waals surface area contributed by atoms with Gasteiger partial charge in [-0.15, -0.1) is 0 Å². The Morgan fingerprint density at radius 3 is 2.00 bits per heavy atom. The number of hydrogen-bond donors (Lipinski definition) is 3. The van der Waals surface area contributed by atoms with Crippen LogP contribution < -0.4 is 10.6 Å². The molecule has 0 unspecified atom stereocenters. The molecule has 0 aliphatic heterocycles. The van der Waals surface area contributed by atoms with Crippen LogP contribution >= 0.6 is 34.8 Å². The summed E-state index contributed by atoms with van der Waals surface area (Å²) in [5.41, 5.74) is 3.05. The first-order valence-electron chi connectivity index (χ1n) is 11.5. The standard InChI is InChI=1S/C29H21Cl3N2O4/c30-20-11-13-25(33-27(35)22-12-10-21(31)16-24(22)32)23(15-20)28(36)34-26(29(37)38)14-17-6-8-19(9-7-17)18-4-2-1-3-5-18/h1-13,15-16,26H,14H2,(H,33,35)(H,34,36)(H,37,38)/t26-/m1/s1. The normalized spacial score (nSPS) is 11.4. The van der Waals surface area contributed by atoms with Gasteiger partial charge >= 0.3 is 5.97 Å². The molecule has 0 bridgehead atoms. The molecule has 2 amide bonds. The number of carbonyl (C=O) groups excluding carboxylic acids is 2. The molecule has 192 valence electrons. The van der Waals surface area contributed by atoms with Gasteiger partial charge in [0.05, 0.1) is 21.8 Å². The summed E-state index contributed by atoms with van der Waals surface area (Å²) < 4.78 is 0. The molecule has 4 aromatic carbocycles. The predicted octanol–water partition coefficient (Wildman–Crippen LogP) is 6.99. The molecule has 38 heavy (non-hydrogen) atoms. The first kappa shape index (κ1) is 27.2. The summed E-state index contributed by atoms with van der Waals surface area (Å²) in [6, 6.07) is 24.7. The van der Waals surface area contributed by atoms with Gasteiger partial charge in [0, 0.05) is 16.5 Å². The van der Waals surface area contributed by atoms with E-state index in [1.807, 2.05) is 54.6 Å². The summed E-state index contributed by atoms with van der Waals surface area (Å²) in [4.78, 5) is 38.0. The van der Waals surface area contributed by atoms with Crippen molar-refractivity contribution in [3.05, 3.63) is 123 Å².